The average molecular weight is 339 g/mol. The summed E-state index contributed by atoms with van der Waals surface area (Å²) in [5, 5.41) is 13.2. The number of rotatable bonds is 3. The Morgan fingerprint density at radius 2 is 2.04 bits per heavy atom. The van der Waals surface area contributed by atoms with Gasteiger partial charge in [0.05, 0.1) is 6.21 Å². The van der Waals surface area contributed by atoms with Gasteiger partial charge in [0.25, 0.3) is 0 Å². The molecule has 2 aromatic heterocycles. The first-order valence-electron chi connectivity index (χ1n) is 8.53. The van der Waals surface area contributed by atoms with Gasteiger partial charge in [0.15, 0.2) is 5.82 Å². The van der Waals surface area contributed by atoms with E-state index in [1.54, 1.807) is 4.68 Å². The summed E-state index contributed by atoms with van der Waals surface area (Å²) in [6.07, 6.45) is 8.07. The van der Waals surface area contributed by atoms with Crippen LogP contribution in [0.1, 0.15) is 55.1 Å². The summed E-state index contributed by atoms with van der Waals surface area (Å²) in [5.41, 5.74) is 3.33. The lowest BCUT2D eigenvalue weighted by Gasteiger charge is -2.19. The second-order valence-electron chi connectivity index (χ2n) is 6.49. The van der Waals surface area contributed by atoms with E-state index in [0.29, 0.717) is 10.7 Å². The Labute approximate surface area is 145 Å². The summed E-state index contributed by atoms with van der Waals surface area (Å²) in [6, 6.07) is 8.27. The third-order valence-electron chi connectivity index (χ3n) is 4.89. The SMILES string of the molecule is Cc1[nH]c2ccccc2c1/C=N\n1c(C2CCCCC2)n[nH]c1=S. The standard InChI is InChI=1S/C18H21N5S/c1-12-15(14-9-5-6-10-16(14)20-12)11-19-23-17(21-22-18(23)24)13-7-3-2-4-8-13/h5-6,9-11,13,20H,2-4,7-8H2,1H3,(H,22,24)/b19-11-. The molecule has 1 aliphatic carbocycles. The number of hydrogen-bond donors (Lipinski definition) is 2. The van der Waals surface area contributed by atoms with Crippen molar-refractivity contribution in [1.29, 1.82) is 0 Å². The zero-order valence-corrected chi connectivity index (χ0v) is 14.6. The molecule has 5 nitrogen and oxygen atoms in total. The number of fused-ring (bicyclic) bond motifs is 1. The van der Waals surface area contributed by atoms with Crippen LogP contribution in [0.5, 0.6) is 0 Å². The molecular weight excluding hydrogens is 318 g/mol. The molecule has 0 atom stereocenters. The summed E-state index contributed by atoms with van der Waals surface area (Å²) in [7, 11) is 0. The fourth-order valence-electron chi connectivity index (χ4n) is 3.62. The first-order chi connectivity index (χ1) is 11.7. The molecule has 1 fully saturated rings. The lowest BCUT2D eigenvalue weighted by atomic mass is 9.89. The predicted octanol–water partition coefficient (Wildman–Crippen LogP) is 4.66. The third-order valence-corrected chi connectivity index (χ3v) is 5.16. The van der Waals surface area contributed by atoms with Crippen molar-refractivity contribution >= 4 is 29.3 Å². The van der Waals surface area contributed by atoms with Crippen LogP contribution < -0.4 is 0 Å². The maximum atomic E-state index is 5.39. The maximum Gasteiger partial charge on any atom is 0.216 e. The van der Waals surface area contributed by atoms with E-state index in [0.717, 1.165) is 22.6 Å². The number of hydrogen-bond acceptors (Lipinski definition) is 3. The molecule has 2 heterocycles. The van der Waals surface area contributed by atoms with Gasteiger partial charge in [-0.1, -0.05) is 37.5 Å². The van der Waals surface area contributed by atoms with Crippen molar-refractivity contribution in [2.45, 2.75) is 44.9 Å². The summed E-state index contributed by atoms with van der Waals surface area (Å²) in [6.45, 7) is 2.07. The van der Waals surface area contributed by atoms with E-state index >= 15 is 0 Å². The molecular formula is C18H21N5S. The van der Waals surface area contributed by atoms with E-state index in [2.05, 4.69) is 39.3 Å². The molecule has 1 aromatic carbocycles. The van der Waals surface area contributed by atoms with Crippen molar-refractivity contribution in [3.8, 4) is 0 Å². The van der Waals surface area contributed by atoms with E-state index < -0.39 is 0 Å². The van der Waals surface area contributed by atoms with Gasteiger partial charge in [0.2, 0.25) is 4.77 Å². The van der Waals surface area contributed by atoms with Crippen molar-refractivity contribution in [2.75, 3.05) is 0 Å². The molecule has 1 aliphatic rings. The Bertz CT molecular complexity index is 940. The van der Waals surface area contributed by atoms with Gasteiger partial charge < -0.3 is 4.98 Å². The number of H-pyrrole nitrogens is 2. The lowest BCUT2D eigenvalue weighted by molar-refractivity contribution is 0.419. The fourth-order valence-corrected chi connectivity index (χ4v) is 3.81. The van der Waals surface area contributed by atoms with E-state index in [4.69, 9.17) is 12.2 Å². The van der Waals surface area contributed by atoms with Gasteiger partial charge in [-0.05, 0) is 38.0 Å². The van der Waals surface area contributed by atoms with Crippen LogP contribution in [0.2, 0.25) is 0 Å². The molecule has 0 amide bonds. The third kappa shape index (κ3) is 2.71. The van der Waals surface area contributed by atoms with Crippen LogP contribution in [0.25, 0.3) is 10.9 Å². The highest BCUT2D eigenvalue weighted by molar-refractivity contribution is 7.71. The van der Waals surface area contributed by atoms with E-state index in [1.165, 1.54) is 37.5 Å². The largest absolute Gasteiger partial charge is 0.358 e. The Morgan fingerprint density at radius 3 is 2.88 bits per heavy atom. The van der Waals surface area contributed by atoms with E-state index in [1.807, 2.05) is 18.3 Å². The highest BCUT2D eigenvalue weighted by atomic mass is 32.1. The topological polar surface area (TPSA) is 61.8 Å². The summed E-state index contributed by atoms with van der Waals surface area (Å²) in [5.74, 6) is 1.42. The van der Waals surface area contributed by atoms with Crippen LogP contribution in [0.15, 0.2) is 29.4 Å². The van der Waals surface area contributed by atoms with Crippen molar-refractivity contribution in [1.82, 2.24) is 19.9 Å². The molecule has 0 aliphatic heterocycles. The number of nitrogens with zero attached hydrogens (tertiary/aromatic N) is 3. The molecule has 2 N–H and O–H groups in total. The van der Waals surface area contributed by atoms with Gasteiger partial charge >= 0.3 is 0 Å². The van der Waals surface area contributed by atoms with Gasteiger partial charge in [-0.25, -0.2) is 0 Å². The van der Waals surface area contributed by atoms with Crippen molar-refractivity contribution in [3.05, 3.63) is 46.1 Å². The number of nitrogens with one attached hydrogen (secondary N) is 2. The van der Waals surface area contributed by atoms with Gasteiger partial charge in [0, 0.05) is 28.1 Å². The molecule has 1 saturated carbocycles. The van der Waals surface area contributed by atoms with Gasteiger partial charge in [-0.3, -0.25) is 5.10 Å². The number of aromatic amines is 2. The zero-order chi connectivity index (χ0) is 16.5. The maximum absolute atomic E-state index is 5.39. The minimum atomic E-state index is 0.452. The van der Waals surface area contributed by atoms with Crippen molar-refractivity contribution < 1.29 is 0 Å². The number of para-hydroxylation sites is 1. The van der Waals surface area contributed by atoms with Crippen LogP contribution in [0, 0.1) is 11.7 Å². The quantitative estimate of drug-likeness (QED) is 0.538. The zero-order valence-electron chi connectivity index (χ0n) is 13.7. The van der Waals surface area contributed by atoms with E-state index in [-0.39, 0.29) is 0 Å². The molecule has 0 radical (unpaired) electrons. The first-order valence-corrected chi connectivity index (χ1v) is 8.94. The average Bonchev–Trinajstić information content (AvgIpc) is 3.13. The summed E-state index contributed by atoms with van der Waals surface area (Å²) >= 11 is 5.39. The fraction of sp³-hybridized carbons (Fsp3) is 0.389. The smallest absolute Gasteiger partial charge is 0.216 e. The lowest BCUT2D eigenvalue weighted by Crippen LogP contribution is -2.10. The second-order valence-corrected chi connectivity index (χ2v) is 6.87. The molecule has 0 bridgehead atoms. The van der Waals surface area contributed by atoms with E-state index in [9.17, 15) is 0 Å². The number of aryl methyl sites for hydroxylation is 1. The Balaban J connectivity index is 1.72. The number of aromatic nitrogens is 4. The minimum absolute atomic E-state index is 0.452. The highest BCUT2D eigenvalue weighted by Crippen LogP contribution is 2.31. The molecule has 3 aromatic rings. The van der Waals surface area contributed by atoms with Crippen LogP contribution >= 0.6 is 12.2 Å². The summed E-state index contributed by atoms with van der Waals surface area (Å²) < 4.78 is 2.36. The number of benzene rings is 1. The molecule has 0 saturated heterocycles. The Morgan fingerprint density at radius 1 is 1.25 bits per heavy atom. The first kappa shape index (κ1) is 15.3. The molecule has 0 spiro atoms. The molecule has 24 heavy (non-hydrogen) atoms. The van der Waals surface area contributed by atoms with Gasteiger partial charge in [-0.15, -0.1) is 0 Å². The van der Waals surface area contributed by atoms with Crippen molar-refractivity contribution in [2.24, 2.45) is 5.10 Å². The molecule has 4 rings (SSSR count). The monoisotopic (exact) mass is 339 g/mol. The minimum Gasteiger partial charge on any atom is -0.358 e. The molecule has 124 valence electrons. The van der Waals surface area contributed by atoms with Crippen LogP contribution in [-0.2, 0) is 0 Å². The van der Waals surface area contributed by atoms with Crippen molar-refractivity contribution in [3.63, 3.8) is 0 Å². The van der Waals surface area contributed by atoms with Crippen LogP contribution in [0.4, 0.5) is 0 Å². The normalized spacial score (nSPS) is 16.4. The molecule has 0 unspecified atom stereocenters. The highest BCUT2D eigenvalue weighted by Gasteiger charge is 2.21. The van der Waals surface area contributed by atoms with Crippen LogP contribution in [0.3, 0.4) is 0 Å². The predicted molar refractivity (Wildman–Crippen MR) is 99.3 cm³/mol. The van der Waals surface area contributed by atoms with Crippen LogP contribution in [-0.4, -0.2) is 26.1 Å². The second kappa shape index (κ2) is 6.36. The van der Waals surface area contributed by atoms with Gasteiger partial charge in [-0.2, -0.15) is 14.9 Å². The van der Waals surface area contributed by atoms with Gasteiger partial charge in [0.1, 0.15) is 0 Å². The molecule has 6 heteroatoms. The Kier molecular flexibility index (Phi) is 4.06. The Hall–Kier alpha value is -2.21. The summed E-state index contributed by atoms with van der Waals surface area (Å²) in [4.78, 5) is 3.40.